The number of nitrogens with one attached hydrogen (secondary N) is 1. The van der Waals surface area contributed by atoms with Crippen molar-refractivity contribution in [2.45, 2.75) is 19.8 Å². The number of amides is 1. The molecule has 1 heterocycles. The molecule has 0 radical (unpaired) electrons. The summed E-state index contributed by atoms with van der Waals surface area (Å²) >= 11 is 0. The number of hydrogen-bond acceptors (Lipinski definition) is 3. The Morgan fingerprint density at radius 2 is 1.80 bits per heavy atom. The summed E-state index contributed by atoms with van der Waals surface area (Å²) in [6, 6.07) is 12.7. The first kappa shape index (κ1) is 13.9. The van der Waals surface area contributed by atoms with Gasteiger partial charge in [0, 0.05) is 24.6 Å². The van der Waals surface area contributed by atoms with Crippen LogP contribution >= 0.6 is 0 Å². The van der Waals surface area contributed by atoms with Gasteiger partial charge in [0.05, 0.1) is 0 Å². The SMILES string of the molecule is Cc1cccnc1NC(=O)CCC(=O)c1ccccc1. The molecular weight excluding hydrogens is 252 g/mol. The van der Waals surface area contributed by atoms with Gasteiger partial charge >= 0.3 is 0 Å². The Morgan fingerprint density at radius 1 is 1.05 bits per heavy atom. The van der Waals surface area contributed by atoms with Gasteiger partial charge in [-0.25, -0.2) is 4.98 Å². The summed E-state index contributed by atoms with van der Waals surface area (Å²) in [5.41, 5.74) is 1.53. The Morgan fingerprint density at radius 3 is 2.50 bits per heavy atom. The van der Waals surface area contributed by atoms with Crippen LogP contribution < -0.4 is 5.32 Å². The van der Waals surface area contributed by atoms with Crippen LogP contribution in [0.15, 0.2) is 48.7 Å². The van der Waals surface area contributed by atoms with Gasteiger partial charge < -0.3 is 5.32 Å². The van der Waals surface area contributed by atoms with Gasteiger partial charge in [0.2, 0.25) is 5.91 Å². The predicted octanol–water partition coefficient (Wildman–Crippen LogP) is 2.99. The number of Topliss-reactive ketones (excluding diaryl/α,β-unsaturated/α-hetero) is 1. The summed E-state index contributed by atoms with van der Waals surface area (Å²) in [6.07, 6.45) is 1.98. The maximum absolute atomic E-state index is 11.9. The molecule has 20 heavy (non-hydrogen) atoms. The molecule has 0 atom stereocenters. The third-order valence-corrected chi connectivity index (χ3v) is 2.94. The fourth-order valence-electron chi connectivity index (χ4n) is 1.81. The molecule has 1 N–H and O–H groups in total. The molecule has 0 aliphatic carbocycles. The average Bonchev–Trinajstić information content (AvgIpc) is 2.48. The number of rotatable bonds is 5. The van der Waals surface area contributed by atoms with E-state index < -0.39 is 0 Å². The fourth-order valence-corrected chi connectivity index (χ4v) is 1.81. The minimum absolute atomic E-state index is 0.0292. The van der Waals surface area contributed by atoms with Gasteiger partial charge in [0.15, 0.2) is 5.78 Å². The van der Waals surface area contributed by atoms with Crippen LogP contribution in [0.5, 0.6) is 0 Å². The van der Waals surface area contributed by atoms with Gasteiger partial charge in [-0.15, -0.1) is 0 Å². The van der Waals surface area contributed by atoms with Crippen molar-refractivity contribution in [3.8, 4) is 0 Å². The monoisotopic (exact) mass is 268 g/mol. The van der Waals surface area contributed by atoms with E-state index in [2.05, 4.69) is 10.3 Å². The van der Waals surface area contributed by atoms with E-state index in [1.54, 1.807) is 18.3 Å². The Kier molecular flexibility index (Phi) is 4.60. The van der Waals surface area contributed by atoms with Crippen LogP contribution in [-0.2, 0) is 4.79 Å². The minimum atomic E-state index is -0.198. The Hall–Kier alpha value is -2.49. The molecule has 0 unspecified atom stereocenters. The minimum Gasteiger partial charge on any atom is -0.310 e. The molecule has 1 aromatic heterocycles. The fraction of sp³-hybridized carbons (Fsp3) is 0.188. The second-order valence-corrected chi connectivity index (χ2v) is 4.51. The number of pyridine rings is 1. The molecule has 1 amide bonds. The van der Waals surface area contributed by atoms with E-state index in [4.69, 9.17) is 0 Å². The molecule has 4 heteroatoms. The molecule has 0 bridgehead atoms. The first-order valence-electron chi connectivity index (χ1n) is 6.46. The van der Waals surface area contributed by atoms with Crippen molar-refractivity contribution in [3.63, 3.8) is 0 Å². The van der Waals surface area contributed by atoms with E-state index in [0.717, 1.165) is 5.56 Å². The lowest BCUT2D eigenvalue weighted by molar-refractivity contribution is -0.116. The molecule has 0 aliphatic rings. The average molecular weight is 268 g/mol. The lowest BCUT2D eigenvalue weighted by Gasteiger charge is -2.06. The highest BCUT2D eigenvalue weighted by Crippen LogP contribution is 2.11. The number of hydrogen-bond donors (Lipinski definition) is 1. The van der Waals surface area contributed by atoms with Crippen molar-refractivity contribution in [2.75, 3.05) is 5.32 Å². The molecule has 0 saturated heterocycles. The second-order valence-electron chi connectivity index (χ2n) is 4.51. The summed E-state index contributed by atoms with van der Waals surface area (Å²) < 4.78 is 0. The first-order chi connectivity index (χ1) is 9.66. The molecule has 0 saturated carbocycles. The maximum atomic E-state index is 11.9. The van der Waals surface area contributed by atoms with E-state index in [1.165, 1.54) is 0 Å². The van der Waals surface area contributed by atoms with Crippen molar-refractivity contribution in [3.05, 3.63) is 59.8 Å². The Bertz CT molecular complexity index is 609. The molecule has 4 nitrogen and oxygen atoms in total. The van der Waals surface area contributed by atoms with E-state index in [0.29, 0.717) is 11.4 Å². The van der Waals surface area contributed by atoms with Crippen molar-refractivity contribution in [1.29, 1.82) is 0 Å². The normalized spacial score (nSPS) is 10.1. The summed E-state index contributed by atoms with van der Waals surface area (Å²) in [6.45, 7) is 1.87. The van der Waals surface area contributed by atoms with Crippen molar-refractivity contribution < 1.29 is 9.59 Å². The standard InChI is InChI=1S/C16H16N2O2/c1-12-6-5-11-17-16(12)18-15(20)10-9-14(19)13-7-3-2-4-8-13/h2-8,11H,9-10H2,1H3,(H,17,18,20). The van der Waals surface area contributed by atoms with Crippen molar-refractivity contribution >= 4 is 17.5 Å². The van der Waals surface area contributed by atoms with Crippen LogP contribution in [0, 0.1) is 6.92 Å². The second kappa shape index (κ2) is 6.61. The van der Waals surface area contributed by atoms with Gasteiger partial charge in [-0.2, -0.15) is 0 Å². The third-order valence-electron chi connectivity index (χ3n) is 2.94. The molecule has 102 valence electrons. The molecule has 0 spiro atoms. The van der Waals surface area contributed by atoms with Gasteiger partial charge in [0.25, 0.3) is 0 Å². The highest BCUT2D eigenvalue weighted by Gasteiger charge is 2.10. The van der Waals surface area contributed by atoms with Gasteiger partial charge in [-0.05, 0) is 18.6 Å². The lowest BCUT2D eigenvalue weighted by Crippen LogP contribution is -2.15. The maximum Gasteiger partial charge on any atom is 0.225 e. The van der Waals surface area contributed by atoms with E-state index in [9.17, 15) is 9.59 Å². The van der Waals surface area contributed by atoms with E-state index >= 15 is 0 Å². The molecule has 0 fully saturated rings. The zero-order chi connectivity index (χ0) is 14.4. The molecule has 1 aromatic carbocycles. The number of benzene rings is 1. The summed E-state index contributed by atoms with van der Waals surface area (Å²) in [5.74, 6) is 0.319. The smallest absolute Gasteiger partial charge is 0.225 e. The van der Waals surface area contributed by atoms with Crippen LogP contribution in [-0.4, -0.2) is 16.7 Å². The summed E-state index contributed by atoms with van der Waals surface area (Å²) in [4.78, 5) is 27.8. The Labute approximate surface area is 117 Å². The van der Waals surface area contributed by atoms with Crippen LogP contribution in [0.2, 0.25) is 0 Å². The number of carbonyl (C=O) groups is 2. The van der Waals surface area contributed by atoms with Gasteiger partial charge in [0.1, 0.15) is 5.82 Å². The molecule has 0 aliphatic heterocycles. The van der Waals surface area contributed by atoms with Crippen molar-refractivity contribution in [2.24, 2.45) is 0 Å². The zero-order valence-electron chi connectivity index (χ0n) is 11.3. The highest BCUT2D eigenvalue weighted by atomic mass is 16.2. The van der Waals surface area contributed by atoms with E-state index in [-0.39, 0.29) is 24.5 Å². The Balaban J connectivity index is 1.87. The zero-order valence-corrected chi connectivity index (χ0v) is 11.3. The quantitative estimate of drug-likeness (QED) is 0.848. The molecule has 2 rings (SSSR count). The number of aromatic nitrogens is 1. The molecule has 2 aromatic rings. The van der Waals surface area contributed by atoms with Crippen LogP contribution in [0.3, 0.4) is 0 Å². The number of ketones is 1. The number of nitrogens with zero attached hydrogens (tertiary/aromatic N) is 1. The van der Waals surface area contributed by atoms with Gasteiger partial charge in [-0.3, -0.25) is 9.59 Å². The predicted molar refractivity (Wildman–Crippen MR) is 77.6 cm³/mol. The summed E-state index contributed by atoms with van der Waals surface area (Å²) in [7, 11) is 0. The van der Waals surface area contributed by atoms with Crippen LogP contribution in [0.1, 0.15) is 28.8 Å². The number of anilines is 1. The number of carbonyl (C=O) groups excluding carboxylic acids is 2. The summed E-state index contributed by atoms with van der Waals surface area (Å²) in [5, 5.41) is 2.71. The largest absolute Gasteiger partial charge is 0.310 e. The first-order valence-corrected chi connectivity index (χ1v) is 6.46. The lowest BCUT2D eigenvalue weighted by atomic mass is 10.1. The number of aryl methyl sites for hydroxylation is 1. The van der Waals surface area contributed by atoms with Gasteiger partial charge in [-0.1, -0.05) is 36.4 Å². The van der Waals surface area contributed by atoms with Crippen LogP contribution in [0.25, 0.3) is 0 Å². The topological polar surface area (TPSA) is 59.1 Å². The molecular formula is C16H16N2O2. The highest BCUT2D eigenvalue weighted by molar-refractivity contribution is 5.99. The van der Waals surface area contributed by atoms with Crippen LogP contribution in [0.4, 0.5) is 5.82 Å². The van der Waals surface area contributed by atoms with E-state index in [1.807, 2.05) is 37.3 Å². The van der Waals surface area contributed by atoms with Crippen molar-refractivity contribution in [1.82, 2.24) is 4.98 Å². The third kappa shape index (κ3) is 3.75.